The molecule has 2 aliphatic rings. The molecule has 2 atom stereocenters. The number of carbonyl (C=O) groups is 1. The molecular formula is C18H21F6NO8. The van der Waals surface area contributed by atoms with E-state index in [0.29, 0.717) is 0 Å². The monoisotopic (exact) mass is 493 g/mol. The number of hydrogen-bond acceptors (Lipinski definition) is 9. The predicted molar refractivity (Wildman–Crippen MR) is 93.1 cm³/mol. The van der Waals surface area contributed by atoms with Crippen LogP contribution in [0, 0.1) is 0 Å². The summed E-state index contributed by atoms with van der Waals surface area (Å²) >= 11 is 0. The van der Waals surface area contributed by atoms with E-state index in [1.165, 1.54) is 6.92 Å². The van der Waals surface area contributed by atoms with Crippen LogP contribution in [0.3, 0.4) is 0 Å². The van der Waals surface area contributed by atoms with E-state index < -0.39 is 54.7 Å². The Balaban J connectivity index is 2.11. The van der Waals surface area contributed by atoms with E-state index in [1.54, 1.807) is 0 Å². The van der Waals surface area contributed by atoms with Gasteiger partial charge < -0.3 is 14.2 Å². The summed E-state index contributed by atoms with van der Waals surface area (Å²) in [5.41, 5.74) is -0.894. The maximum absolute atomic E-state index is 13.6. The number of allylic oxidation sites excluding steroid dienone is 2. The predicted octanol–water partition coefficient (Wildman–Crippen LogP) is 3.34. The summed E-state index contributed by atoms with van der Waals surface area (Å²) in [6, 6.07) is 0. The average molecular weight is 493 g/mol. The highest BCUT2D eigenvalue weighted by atomic mass is 19.4. The van der Waals surface area contributed by atoms with Gasteiger partial charge in [0.25, 0.3) is 0 Å². The lowest BCUT2D eigenvalue weighted by Crippen LogP contribution is -2.40. The number of hydrogen-bond donors (Lipinski definition) is 2. The van der Waals surface area contributed by atoms with Gasteiger partial charge in [-0.25, -0.2) is 9.63 Å². The number of carbonyl (C=O) groups excluding carboxylic acids is 1. The molecule has 0 aromatic carbocycles. The Bertz CT molecular complexity index is 790. The van der Waals surface area contributed by atoms with Gasteiger partial charge in [-0.3, -0.25) is 15.2 Å². The summed E-state index contributed by atoms with van der Waals surface area (Å²) in [6.07, 6.45) is -12.7. The molecule has 9 nitrogen and oxygen atoms in total. The molecule has 0 bridgehead atoms. The summed E-state index contributed by atoms with van der Waals surface area (Å²) in [4.78, 5) is 16.5. The normalized spacial score (nSPS) is 21.4. The molecule has 0 aromatic rings. The lowest BCUT2D eigenvalue weighted by atomic mass is 9.89. The van der Waals surface area contributed by atoms with Gasteiger partial charge in [0, 0.05) is 6.42 Å². The first-order chi connectivity index (χ1) is 15.3. The molecule has 0 saturated heterocycles. The minimum Gasteiger partial charge on any atom is -0.475 e. The molecule has 0 saturated carbocycles. The molecule has 0 fully saturated rings. The van der Waals surface area contributed by atoms with Gasteiger partial charge in [-0.15, -0.1) is 13.2 Å². The Hall–Kier alpha value is -2.17. The summed E-state index contributed by atoms with van der Waals surface area (Å²) in [5.74, 6) is -1.63. The van der Waals surface area contributed by atoms with E-state index in [4.69, 9.17) is 24.6 Å². The molecule has 0 aromatic heterocycles. The zero-order valence-corrected chi connectivity index (χ0v) is 17.1. The van der Waals surface area contributed by atoms with Crippen LogP contribution >= 0.6 is 0 Å². The minimum atomic E-state index is -5.00. The number of halogens is 6. The van der Waals surface area contributed by atoms with E-state index in [-0.39, 0.29) is 43.1 Å². The van der Waals surface area contributed by atoms with E-state index in [0.717, 1.165) is 12.2 Å². The van der Waals surface area contributed by atoms with Crippen molar-refractivity contribution >= 4 is 5.97 Å². The topological polar surface area (TPSA) is 107 Å². The Labute approximate surface area is 183 Å². The van der Waals surface area contributed by atoms with Crippen LogP contribution in [0.5, 0.6) is 0 Å². The van der Waals surface area contributed by atoms with Gasteiger partial charge in [-0.1, -0.05) is 6.92 Å². The number of esters is 1. The standard InChI is InChI=1S/C18H21F6NO8/c1-2-10-7-12(33-18(22,23)24)8-11-9-13(15(17(19,20)21)32-14(10)11)16(26)30-5-3-29-4-6-31-25(27)28/h7,9,12,15,27-28H,2-6,8H2,1H3/t12?,15-/m0/s1. The second kappa shape index (κ2) is 11.3. The number of ether oxygens (including phenoxy) is 4. The van der Waals surface area contributed by atoms with Gasteiger partial charge in [-0.2, -0.15) is 13.2 Å². The van der Waals surface area contributed by atoms with Gasteiger partial charge in [0.05, 0.1) is 36.9 Å². The quantitative estimate of drug-likeness (QED) is 0.205. The number of rotatable bonds is 10. The van der Waals surface area contributed by atoms with Crippen LogP contribution in [-0.4, -0.2) is 72.9 Å². The Kier molecular flexibility index (Phi) is 9.28. The van der Waals surface area contributed by atoms with Crippen molar-refractivity contribution in [2.45, 2.75) is 44.5 Å². The Morgan fingerprint density at radius 2 is 1.82 bits per heavy atom. The van der Waals surface area contributed by atoms with Crippen molar-refractivity contribution in [2.24, 2.45) is 0 Å². The molecule has 0 radical (unpaired) electrons. The zero-order valence-electron chi connectivity index (χ0n) is 17.1. The van der Waals surface area contributed by atoms with Crippen molar-refractivity contribution in [3.63, 3.8) is 0 Å². The Morgan fingerprint density at radius 1 is 1.15 bits per heavy atom. The molecule has 2 N–H and O–H groups in total. The van der Waals surface area contributed by atoms with Gasteiger partial charge >= 0.3 is 18.5 Å². The average Bonchev–Trinajstić information content (AvgIpc) is 2.69. The van der Waals surface area contributed by atoms with Crippen molar-refractivity contribution in [1.82, 2.24) is 5.39 Å². The summed E-state index contributed by atoms with van der Waals surface area (Å²) < 4.78 is 97.3. The van der Waals surface area contributed by atoms with Crippen LogP contribution in [0.15, 0.2) is 34.6 Å². The lowest BCUT2D eigenvalue weighted by molar-refractivity contribution is -0.493. The highest BCUT2D eigenvalue weighted by molar-refractivity contribution is 5.91. The molecule has 188 valence electrons. The minimum absolute atomic E-state index is 0.0537. The highest BCUT2D eigenvalue weighted by Gasteiger charge is 2.50. The number of nitrogens with zero attached hydrogens (tertiary/aromatic N) is 1. The molecule has 1 aliphatic carbocycles. The fourth-order valence-corrected chi connectivity index (χ4v) is 3.09. The van der Waals surface area contributed by atoms with Gasteiger partial charge in [0.1, 0.15) is 12.4 Å². The fraction of sp³-hybridized carbons (Fsp3) is 0.611. The van der Waals surface area contributed by atoms with Crippen molar-refractivity contribution < 1.29 is 65.3 Å². The third-order valence-corrected chi connectivity index (χ3v) is 4.33. The zero-order chi connectivity index (χ0) is 24.8. The maximum Gasteiger partial charge on any atom is 0.523 e. The second-order valence-electron chi connectivity index (χ2n) is 6.68. The Morgan fingerprint density at radius 3 is 2.39 bits per heavy atom. The van der Waals surface area contributed by atoms with Crippen LogP contribution in [0.2, 0.25) is 0 Å². The second-order valence-corrected chi connectivity index (χ2v) is 6.68. The van der Waals surface area contributed by atoms with E-state index in [1.807, 2.05) is 0 Å². The van der Waals surface area contributed by atoms with E-state index >= 15 is 0 Å². The first-order valence-corrected chi connectivity index (χ1v) is 9.51. The van der Waals surface area contributed by atoms with Crippen LogP contribution in [-0.2, 0) is 28.6 Å². The highest BCUT2D eigenvalue weighted by Crippen LogP contribution is 2.42. The molecule has 2 rings (SSSR count). The first-order valence-electron chi connectivity index (χ1n) is 9.51. The molecule has 1 aliphatic heterocycles. The third kappa shape index (κ3) is 8.28. The van der Waals surface area contributed by atoms with Crippen LogP contribution < -0.4 is 0 Å². The number of alkyl halides is 6. The van der Waals surface area contributed by atoms with E-state index in [9.17, 15) is 31.1 Å². The lowest BCUT2D eigenvalue weighted by Gasteiger charge is -2.34. The largest absolute Gasteiger partial charge is 0.523 e. The van der Waals surface area contributed by atoms with E-state index in [2.05, 4.69) is 9.57 Å². The van der Waals surface area contributed by atoms with Gasteiger partial charge in [0.15, 0.2) is 0 Å². The molecule has 0 spiro atoms. The molecule has 15 heteroatoms. The summed E-state index contributed by atoms with van der Waals surface area (Å²) in [5, 5.41) is 16.1. The van der Waals surface area contributed by atoms with Crippen molar-refractivity contribution in [2.75, 3.05) is 26.4 Å². The fourth-order valence-electron chi connectivity index (χ4n) is 3.09. The maximum atomic E-state index is 13.6. The molecule has 1 unspecified atom stereocenters. The third-order valence-electron chi connectivity index (χ3n) is 4.33. The summed E-state index contributed by atoms with van der Waals surface area (Å²) in [7, 11) is 0. The van der Waals surface area contributed by atoms with Crippen LogP contribution in [0.4, 0.5) is 26.3 Å². The van der Waals surface area contributed by atoms with Crippen molar-refractivity contribution in [1.29, 1.82) is 0 Å². The molecular weight excluding hydrogens is 472 g/mol. The first kappa shape index (κ1) is 27.1. The van der Waals surface area contributed by atoms with Crippen molar-refractivity contribution in [3.05, 3.63) is 34.6 Å². The van der Waals surface area contributed by atoms with Crippen LogP contribution in [0.1, 0.15) is 19.8 Å². The van der Waals surface area contributed by atoms with Gasteiger partial charge in [-0.05, 0) is 29.7 Å². The van der Waals surface area contributed by atoms with Crippen molar-refractivity contribution in [3.8, 4) is 0 Å². The SMILES string of the molecule is CCC1=CC(OC(F)(F)F)CC2=C1O[C@H](C(F)(F)F)C(C(=O)OCCOCCON(O)O)=C2. The van der Waals surface area contributed by atoms with Gasteiger partial charge in [0.2, 0.25) is 6.10 Å². The smallest absolute Gasteiger partial charge is 0.475 e. The summed E-state index contributed by atoms with van der Waals surface area (Å²) in [6.45, 7) is 0.371. The molecule has 0 amide bonds. The molecule has 1 heterocycles. The van der Waals surface area contributed by atoms with Crippen LogP contribution in [0.25, 0.3) is 0 Å². The molecule has 33 heavy (non-hydrogen) atoms.